The topological polar surface area (TPSA) is 0 Å². The van der Waals surface area contributed by atoms with Gasteiger partial charge in [0.05, 0.1) is 0 Å². The van der Waals surface area contributed by atoms with Crippen molar-refractivity contribution in [3.8, 4) is 0 Å². The first-order valence-corrected chi connectivity index (χ1v) is 4.63. The first-order valence-electron chi connectivity index (χ1n) is 4.63. The van der Waals surface area contributed by atoms with Crippen LogP contribution in [0.4, 0.5) is 0 Å². The maximum Gasteiger partial charge on any atom is -0.0130 e. The van der Waals surface area contributed by atoms with E-state index < -0.39 is 0 Å². The van der Waals surface area contributed by atoms with E-state index in [0.29, 0.717) is 0 Å². The van der Waals surface area contributed by atoms with Crippen molar-refractivity contribution in [1.29, 1.82) is 0 Å². The summed E-state index contributed by atoms with van der Waals surface area (Å²) >= 11 is 0. The molecule has 0 aromatic heterocycles. The Kier molecular flexibility index (Phi) is 5.54. The molecular formula is C13H15. The van der Waals surface area contributed by atoms with E-state index in [4.69, 9.17) is 0 Å². The molecule has 0 aliphatic heterocycles. The highest BCUT2D eigenvalue weighted by Crippen LogP contribution is 1.95. The second-order valence-corrected chi connectivity index (χ2v) is 2.76. The highest BCUT2D eigenvalue weighted by atomic mass is 13.8. The smallest absolute Gasteiger partial charge is 0.0130 e. The zero-order valence-electron chi connectivity index (χ0n) is 7.77. The van der Waals surface area contributed by atoms with E-state index in [9.17, 15) is 0 Å². The Morgan fingerprint density at radius 3 is 1.85 bits per heavy atom. The molecule has 0 nitrogen and oxygen atoms in total. The van der Waals surface area contributed by atoms with Crippen molar-refractivity contribution in [3.05, 3.63) is 67.2 Å². The van der Waals surface area contributed by atoms with Crippen LogP contribution >= 0.6 is 0 Å². The molecule has 0 amide bonds. The van der Waals surface area contributed by atoms with E-state index in [0.717, 1.165) is 12.8 Å². The third-order valence-corrected chi connectivity index (χ3v) is 1.64. The van der Waals surface area contributed by atoms with Gasteiger partial charge in [-0.1, -0.05) is 60.8 Å². The van der Waals surface area contributed by atoms with Crippen LogP contribution in [0.1, 0.15) is 12.8 Å². The molecule has 1 rings (SSSR count). The van der Waals surface area contributed by atoms with Crippen molar-refractivity contribution in [1.82, 2.24) is 0 Å². The molecule has 0 aromatic rings. The van der Waals surface area contributed by atoms with E-state index in [2.05, 4.69) is 49.0 Å². The van der Waals surface area contributed by atoms with Gasteiger partial charge in [0.25, 0.3) is 0 Å². The van der Waals surface area contributed by atoms with Crippen LogP contribution < -0.4 is 0 Å². The fraction of sp³-hybridized carbons (Fsp3) is 0.154. The first-order chi connectivity index (χ1) is 6.50. The maximum atomic E-state index is 2.14. The Balaban J connectivity index is 2.49. The highest BCUT2D eigenvalue weighted by Gasteiger charge is 1.75. The third-order valence-electron chi connectivity index (χ3n) is 1.64. The summed E-state index contributed by atoms with van der Waals surface area (Å²) < 4.78 is 0. The molecule has 0 heteroatoms. The van der Waals surface area contributed by atoms with Gasteiger partial charge in [-0.25, -0.2) is 0 Å². The van der Waals surface area contributed by atoms with Crippen molar-refractivity contribution >= 4 is 0 Å². The van der Waals surface area contributed by atoms with E-state index >= 15 is 0 Å². The van der Waals surface area contributed by atoms with E-state index in [-0.39, 0.29) is 0 Å². The number of hydrogen-bond acceptors (Lipinski definition) is 0. The second kappa shape index (κ2) is 7.35. The molecule has 0 spiro atoms. The van der Waals surface area contributed by atoms with Crippen molar-refractivity contribution in [2.75, 3.05) is 0 Å². The van der Waals surface area contributed by atoms with Crippen LogP contribution in [-0.2, 0) is 0 Å². The summed E-state index contributed by atoms with van der Waals surface area (Å²) in [6.07, 6.45) is 25.0. The zero-order valence-corrected chi connectivity index (χ0v) is 7.77. The van der Waals surface area contributed by atoms with Gasteiger partial charge in [0.15, 0.2) is 0 Å². The molecule has 1 radical (unpaired) electrons. The van der Waals surface area contributed by atoms with Crippen molar-refractivity contribution in [2.24, 2.45) is 0 Å². The van der Waals surface area contributed by atoms with Crippen LogP contribution in [-0.4, -0.2) is 0 Å². The van der Waals surface area contributed by atoms with Gasteiger partial charge in [0.1, 0.15) is 0 Å². The standard InChI is InChI=1S/C13H15/c1-2-4-6-8-10-12-13-11-9-7-5-3-1/h1-7,10-13H,8-9H2/b2-1+,5-3+,6-4-,12-10+,13-11+. The lowest BCUT2D eigenvalue weighted by molar-refractivity contribution is 1.29. The first kappa shape index (κ1) is 9.79. The average molecular weight is 171 g/mol. The van der Waals surface area contributed by atoms with Gasteiger partial charge in [0, 0.05) is 0 Å². The minimum Gasteiger partial charge on any atom is -0.0839 e. The molecule has 0 fully saturated rings. The number of hydrogen-bond donors (Lipinski definition) is 0. The predicted molar refractivity (Wildman–Crippen MR) is 59.2 cm³/mol. The molecule has 0 saturated carbocycles. The molecule has 0 heterocycles. The molecule has 1 aliphatic rings. The summed E-state index contributed by atoms with van der Waals surface area (Å²) in [5, 5.41) is 0. The monoisotopic (exact) mass is 171 g/mol. The van der Waals surface area contributed by atoms with Gasteiger partial charge in [0.2, 0.25) is 0 Å². The molecule has 1 aliphatic carbocycles. The minimum absolute atomic E-state index is 1.00. The summed E-state index contributed by atoms with van der Waals surface area (Å²) in [6, 6.07) is 0. The summed E-state index contributed by atoms with van der Waals surface area (Å²) in [6.45, 7) is 0. The van der Waals surface area contributed by atoms with Gasteiger partial charge >= 0.3 is 0 Å². The van der Waals surface area contributed by atoms with Crippen LogP contribution in [0.15, 0.2) is 60.8 Å². The normalized spacial score (nSPS) is 30.2. The van der Waals surface area contributed by atoms with Crippen LogP contribution in [0.3, 0.4) is 0 Å². The fourth-order valence-corrected chi connectivity index (χ4v) is 0.978. The zero-order chi connectivity index (χ0) is 9.19. The molecule has 0 bridgehead atoms. The Bertz CT molecular complexity index is 249. The Hall–Kier alpha value is -1.30. The Labute approximate surface area is 80.7 Å². The minimum atomic E-state index is 1.00. The lowest BCUT2D eigenvalue weighted by Crippen LogP contribution is -1.64. The second-order valence-electron chi connectivity index (χ2n) is 2.76. The van der Waals surface area contributed by atoms with Crippen LogP contribution in [0.25, 0.3) is 0 Å². The van der Waals surface area contributed by atoms with Crippen LogP contribution in [0, 0.1) is 6.42 Å². The van der Waals surface area contributed by atoms with E-state index in [1.54, 1.807) is 0 Å². The van der Waals surface area contributed by atoms with E-state index in [1.165, 1.54) is 0 Å². The molecule has 0 unspecified atom stereocenters. The lowest BCUT2D eigenvalue weighted by atomic mass is 10.2. The van der Waals surface area contributed by atoms with Crippen molar-refractivity contribution in [3.63, 3.8) is 0 Å². The summed E-state index contributed by atoms with van der Waals surface area (Å²) in [7, 11) is 0. The molecular weight excluding hydrogens is 156 g/mol. The van der Waals surface area contributed by atoms with Crippen molar-refractivity contribution in [2.45, 2.75) is 12.8 Å². The maximum absolute atomic E-state index is 2.14. The van der Waals surface area contributed by atoms with Gasteiger partial charge in [-0.15, -0.1) is 0 Å². The van der Waals surface area contributed by atoms with Gasteiger partial charge in [-0.2, -0.15) is 0 Å². The van der Waals surface area contributed by atoms with Gasteiger partial charge in [-0.05, 0) is 19.3 Å². The quantitative estimate of drug-likeness (QED) is 0.520. The number of allylic oxidation sites excluding steroid dienone is 10. The molecule has 0 atom stereocenters. The molecule has 0 aromatic carbocycles. The number of rotatable bonds is 0. The summed E-state index contributed by atoms with van der Waals surface area (Å²) in [5.74, 6) is 0. The van der Waals surface area contributed by atoms with Gasteiger partial charge < -0.3 is 0 Å². The molecule has 0 N–H and O–H groups in total. The van der Waals surface area contributed by atoms with Crippen LogP contribution in [0.5, 0.6) is 0 Å². The Morgan fingerprint density at radius 2 is 1.00 bits per heavy atom. The Morgan fingerprint density at radius 1 is 0.462 bits per heavy atom. The molecule has 0 saturated heterocycles. The largest absolute Gasteiger partial charge is 0.0839 e. The summed E-state index contributed by atoms with van der Waals surface area (Å²) in [4.78, 5) is 0. The third kappa shape index (κ3) is 5.92. The predicted octanol–water partition coefficient (Wildman–Crippen LogP) is 3.77. The fourth-order valence-electron chi connectivity index (χ4n) is 0.978. The van der Waals surface area contributed by atoms with Gasteiger partial charge in [-0.3, -0.25) is 0 Å². The SMILES string of the molecule is [CH]1/C=C/C=C/C=C\C/C=C/C=C/C1. The molecule has 67 valence electrons. The van der Waals surface area contributed by atoms with E-state index in [1.807, 2.05) is 18.2 Å². The average Bonchev–Trinajstić information content (AvgIpc) is 2.18. The molecule has 13 heavy (non-hydrogen) atoms. The highest BCUT2D eigenvalue weighted by molar-refractivity contribution is 5.16. The lowest BCUT2D eigenvalue weighted by Gasteiger charge is -1.82. The van der Waals surface area contributed by atoms with Crippen LogP contribution in [0.2, 0.25) is 0 Å². The summed E-state index contributed by atoms with van der Waals surface area (Å²) in [5.41, 5.74) is 0. The van der Waals surface area contributed by atoms with Crippen molar-refractivity contribution < 1.29 is 0 Å².